The number of hydrogen-bond donors (Lipinski definition) is 1. The van der Waals surface area contributed by atoms with Crippen molar-refractivity contribution in [2.24, 2.45) is 0 Å². The van der Waals surface area contributed by atoms with Gasteiger partial charge in [0.15, 0.2) is 0 Å². The minimum absolute atomic E-state index is 0.00319. The number of benzene rings is 2. The Bertz CT molecular complexity index is 940. The van der Waals surface area contributed by atoms with Crippen LogP contribution in [0.15, 0.2) is 48.5 Å². The summed E-state index contributed by atoms with van der Waals surface area (Å²) in [6.07, 6.45) is 3.67. The van der Waals surface area contributed by atoms with Crippen molar-refractivity contribution in [3.63, 3.8) is 0 Å². The van der Waals surface area contributed by atoms with E-state index in [9.17, 15) is 9.59 Å². The van der Waals surface area contributed by atoms with Gasteiger partial charge in [0.1, 0.15) is 0 Å². The fourth-order valence-electron chi connectivity index (χ4n) is 5.11. The number of methoxy groups -OCH3 is 1. The Hall–Kier alpha value is -2.37. The van der Waals surface area contributed by atoms with Crippen LogP contribution in [0.4, 0.5) is 0 Å². The molecule has 1 spiro atoms. The molecule has 1 saturated carbocycles. The lowest BCUT2D eigenvalue weighted by molar-refractivity contribution is -0.126. The van der Waals surface area contributed by atoms with Crippen molar-refractivity contribution in [2.45, 2.75) is 43.7 Å². The SMILES string of the molecule is COCCN1C(=O)c2ccccc2[C@@H](C(=O)NCc2cccc(Cl)c2)C12CCCC2. The molecule has 0 radical (unpaired) electrons. The van der Waals surface area contributed by atoms with E-state index in [-0.39, 0.29) is 11.8 Å². The van der Waals surface area contributed by atoms with Gasteiger partial charge in [-0.2, -0.15) is 0 Å². The summed E-state index contributed by atoms with van der Waals surface area (Å²) in [6.45, 7) is 1.34. The molecule has 158 valence electrons. The molecule has 5 nitrogen and oxygen atoms in total. The number of carbonyl (C=O) groups excluding carboxylic acids is 2. The van der Waals surface area contributed by atoms with Gasteiger partial charge in [0.2, 0.25) is 5.91 Å². The molecule has 0 aromatic heterocycles. The number of nitrogens with one attached hydrogen (secondary N) is 1. The first-order valence-corrected chi connectivity index (χ1v) is 10.9. The smallest absolute Gasteiger partial charge is 0.254 e. The third-order valence-electron chi connectivity index (χ3n) is 6.43. The topological polar surface area (TPSA) is 58.6 Å². The van der Waals surface area contributed by atoms with Crippen LogP contribution in [0.3, 0.4) is 0 Å². The van der Waals surface area contributed by atoms with Crippen molar-refractivity contribution in [3.05, 3.63) is 70.2 Å². The Morgan fingerprint density at radius 1 is 1.20 bits per heavy atom. The average molecular weight is 427 g/mol. The highest BCUT2D eigenvalue weighted by Crippen LogP contribution is 2.50. The fraction of sp³-hybridized carbons (Fsp3) is 0.417. The summed E-state index contributed by atoms with van der Waals surface area (Å²) in [5.74, 6) is -0.437. The fourth-order valence-corrected chi connectivity index (χ4v) is 5.33. The van der Waals surface area contributed by atoms with E-state index in [4.69, 9.17) is 16.3 Å². The molecule has 2 aromatic rings. The number of nitrogens with zero attached hydrogens (tertiary/aromatic N) is 1. The molecule has 0 bridgehead atoms. The molecular weight excluding hydrogens is 400 g/mol. The molecular formula is C24H27ClN2O3. The van der Waals surface area contributed by atoms with Crippen LogP contribution >= 0.6 is 11.6 Å². The quantitative estimate of drug-likeness (QED) is 0.754. The largest absolute Gasteiger partial charge is 0.383 e. The van der Waals surface area contributed by atoms with Crippen LogP contribution in [0.1, 0.15) is 53.1 Å². The lowest BCUT2D eigenvalue weighted by Crippen LogP contribution is -2.61. The summed E-state index contributed by atoms with van der Waals surface area (Å²) in [7, 11) is 1.64. The van der Waals surface area contributed by atoms with Gasteiger partial charge >= 0.3 is 0 Å². The van der Waals surface area contributed by atoms with Crippen LogP contribution in [-0.4, -0.2) is 42.5 Å². The summed E-state index contributed by atoms with van der Waals surface area (Å²) < 4.78 is 5.29. The first-order chi connectivity index (χ1) is 14.6. The van der Waals surface area contributed by atoms with Crippen molar-refractivity contribution in [2.75, 3.05) is 20.3 Å². The maximum absolute atomic E-state index is 13.6. The average Bonchev–Trinajstić information content (AvgIpc) is 3.22. The summed E-state index contributed by atoms with van der Waals surface area (Å²) in [5, 5.41) is 3.76. The highest BCUT2D eigenvalue weighted by Gasteiger charge is 2.55. The standard InChI is InChI=1S/C24H27ClN2O3/c1-30-14-13-27-23(29)20-10-3-2-9-19(20)21(24(27)11-4-5-12-24)22(28)26-16-17-7-6-8-18(25)15-17/h2-3,6-10,15,21H,4-5,11-14,16H2,1H3,(H,26,28)/t21-/m0/s1. The molecule has 1 aliphatic carbocycles. The second kappa shape index (κ2) is 8.78. The molecule has 30 heavy (non-hydrogen) atoms. The maximum atomic E-state index is 13.6. The van der Waals surface area contributed by atoms with E-state index in [1.165, 1.54) is 0 Å². The van der Waals surface area contributed by atoms with E-state index in [2.05, 4.69) is 5.32 Å². The zero-order chi connectivity index (χ0) is 21.1. The van der Waals surface area contributed by atoms with E-state index >= 15 is 0 Å². The molecule has 4 rings (SSSR count). The van der Waals surface area contributed by atoms with Gasteiger partial charge in [0.25, 0.3) is 5.91 Å². The molecule has 1 N–H and O–H groups in total. The molecule has 1 fully saturated rings. The Morgan fingerprint density at radius 2 is 1.97 bits per heavy atom. The normalized spacial score (nSPS) is 19.7. The lowest BCUT2D eigenvalue weighted by atomic mass is 9.71. The number of amides is 2. The highest BCUT2D eigenvalue weighted by atomic mass is 35.5. The predicted molar refractivity (Wildman–Crippen MR) is 117 cm³/mol. The van der Waals surface area contributed by atoms with Crippen LogP contribution in [0, 0.1) is 0 Å². The minimum Gasteiger partial charge on any atom is -0.383 e. The van der Waals surface area contributed by atoms with Gasteiger partial charge in [-0.05, 0) is 42.2 Å². The van der Waals surface area contributed by atoms with Crippen molar-refractivity contribution < 1.29 is 14.3 Å². The van der Waals surface area contributed by atoms with E-state index in [1.807, 2.05) is 53.4 Å². The van der Waals surface area contributed by atoms with Gasteiger partial charge in [0, 0.05) is 30.8 Å². The molecule has 2 aliphatic rings. The second-order valence-corrected chi connectivity index (χ2v) is 8.56. The summed E-state index contributed by atoms with van der Waals surface area (Å²) in [4.78, 5) is 28.9. The molecule has 0 unspecified atom stereocenters. The summed E-state index contributed by atoms with van der Waals surface area (Å²) in [5.41, 5.74) is 1.91. The van der Waals surface area contributed by atoms with E-state index in [1.54, 1.807) is 7.11 Å². The van der Waals surface area contributed by atoms with Crippen molar-refractivity contribution in [3.8, 4) is 0 Å². The zero-order valence-electron chi connectivity index (χ0n) is 17.2. The minimum atomic E-state index is -0.498. The van der Waals surface area contributed by atoms with Crippen LogP contribution in [-0.2, 0) is 16.1 Å². The Labute approximate surface area is 182 Å². The molecule has 1 aliphatic heterocycles. The van der Waals surface area contributed by atoms with Gasteiger partial charge in [-0.15, -0.1) is 0 Å². The number of fused-ring (bicyclic) bond motifs is 1. The summed E-state index contributed by atoms with van der Waals surface area (Å²) in [6, 6.07) is 15.0. The third-order valence-corrected chi connectivity index (χ3v) is 6.66. The van der Waals surface area contributed by atoms with Crippen LogP contribution in [0.2, 0.25) is 5.02 Å². The molecule has 2 amide bonds. The first kappa shape index (κ1) is 20.9. The second-order valence-electron chi connectivity index (χ2n) is 8.13. The van der Waals surface area contributed by atoms with Crippen molar-refractivity contribution in [1.82, 2.24) is 10.2 Å². The lowest BCUT2D eigenvalue weighted by Gasteiger charge is -2.50. The number of rotatable bonds is 6. The van der Waals surface area contributed by atoms with Gasteiger partial charge < -0.3 is 15.0 Å². The van der Waals surface area contributed by atoms with Crippen molar-refractivity contribution >= 4 is 23.4 Å². The van der Waals surface area contributed by atoms with Gasteiger partial charge in [-0.1, -0.05) is 54.8 Å². The van der Waals surface area contributed by atoms with Gasteiger partial charge in [-0.3, -0.25) is 9.59 Å². The van der Waals surface area contributed by atoms with Gasteiger partial charge in [0.05, 0.1) is 18.1 Å². The number of hydrogen-bond acceptors (Lipinski definition) is 3. The Morgan fingerprint density at radius 3 is 2.70 bits per heavy atom. The van der Waals surface area contributed by atoms with Crippen molar-refractivity contribution in [1.29, 1.82) is 0 Å². The number of ether oxygens (including phenoxy) is 1. The highest BCUT2D eigenvalue weighted by molar-refractivity contribution is 6.30. The Balaban J connectivity index is 1.70. The maximum Gasteiger partial charge on any atom is 0.254 e. The third kappa shape index (κ3) is 3.72. The first-order valence-electron chi connectivity index (χ1n) is 10.5. The Kier molecular flexibility index (Phi) is 6.11. The number of carbonyl (C=O) groups is 2. The molecule has 2 aromatic carbocycles. The van der Waals surface area contributed by atoms with E-state index in [0.717, 1.165) is 36.8 Å². The van der Waals surface area contributed by atoms with E-state index in [0.29, 0.717) is 30.3 Å². The monoisotopic (exact) mass is 426 g/mol. The molecule has 0 saturated heterocycles. The van der Waals surface area contributed by atoms with E-state index < -0.39 is 11.5 Å². The van der Waals surface area contributed by atoms with Gasteiger partial charge in [-0.25, -0.2) is 0 Å². The predicted octanol–water partition coefficient (Wildman–Crippen LogP) is 4.16. The summed E-state index contributed by atoms with van der Waals surface area (Å²) >= 11 is 6.09. The molecule has 1 atom stereocenters. The molecule has 6 heteroatoms. The van der Waals surface area contributed by atoms with Crippen LogP contribution in [0.5, 0.6) is 0 Å². The number of halogens is 1. The van der Waals surface area contributed by atoms with Crippen LogP contribution < -0.4 is 5.32 Å². The zero-order valence-corrected chi connectivity index (χ0v) is 18.0. The molecule has 1 heterocycles. The van der Waals surface area contributed by atoms with Crippen LogP contribution in [0.25, 0.3) is 0 Å².